The molecule has 0 aliphatic heterocycles. The number of fused-ring (bicyclic) bond motifs is 1. The molecule has 0 amide bonds. The maximum Gasteiger partial charge on any atom is 0.308 e. The molecule has 0 aromatic carbocycles. The number of nitrogens with one attached hydrogen (secondary N) is 1. The molecule has 2 heterocycles. The summed E-state index contributed by atoms with van der Waals surface area (Å²) in [4.78, 5) is 15.9. The van der Waals surface area contributed by atoms with Crippen LogP contribution in [0.4, 0.5) is 5.82 Å². The standard InChI is InChI=1S/C14H18N4O2/c19-14(20)10-4-2-1-3-5-11(10)16-12-7-9-18-13(17-12)6-8-15-18/h6-11H,1-5H2,(H,16,17)(H,19,20). The molecule has 1 aliphatic rings. The lowest BCUT2D eigenvalue weighted by Gasteiger charge is -2.23. The van der Waals surface area contributed by atoms with Crippen molar-refractivity contribution in [2.45, 2.75) is 38.1 Å². The first-order valence-corrected chi connectivity index (χ1v) is 7.04. The van der Waals surface area contributed by atoms with Crippen LogP contribution in [0.15, 0.2) is 24.5 Å². The Morgan fingerprint density at radius 1 is 1.30 bits per heavy atom. The zero-order chi connectivity index (χ0) is 13.9. The van der Waals surface area contributed by atoms with E-state index in [4.69, 9.17) is 0 Å². The van der Waals surface area contributed by atoms with E-state index in [0.29, 0.717) is 0 Å². The van der Waals surface area contributed by atoms with Crippen LogP contribution in [0.25, 0.3) is 5.65 Å². The van der Waals surface area contributed by atoms with Crippen LogP contribution in [0, 0.1) is 5.92 Å². The van der Waals surface area contributed by atoms with Crippen molar-refractivity contribution in [3.63, 3.8) is 0 Å². The minimum Gasteiger partial charge on any atom is -0.481 e. The first-order chi connectivity index (χ1) is 9.74. The Morgan fingerprint density at radius 2 is 2.15 bits per heavy atom. The molecule has 20 heavy (non-hydrogen) atoms. The fourth-order valence-corrected chi connectivity index (χ4v) is 2.86. The van der Waals surface area contributed by atoms with Crippen LogP contribution < -0.4 is 5.32 Å². The predicted molar refractivity (Wildman–Crippen MR) is 74.6 cm³/mol. The largest absolute Gasteiger partial charge is 0.481 e. The van der Waals surface area contributed by atoms with Crippen molar-refractivity contribution in [1.29, 1.82) is 0 Å². The molecule has 2 aromatic rings. The number of carboxylic acids is 1. The van der Waals surface area contributed by atoms with Gasteiger partial charge in [-0.15, -0.1) is 0 Å². The Kier molecular flexibility index (Phi) is 3.54. The van der Waals surface area contributed by atoms with Gasteiger partial charge in [-0.25, -0.2) is 9.50 Å². The van der Waals surface area contributed by atoms with Gasteiger partial charge in [0, 0.05) is 18.3 Å². The molecule has 0 radical (unpaired) electrons. The minimum atomic E-state index is -0.713. The van der Waals surface area contributed by atoms with Crippen LogP contribution in [0.2, 0.25) is 0 Å². The highest BCUT2D eigenvalue weighted by Crippen LogP contribution is 2.26. The average Bonchev–Trinajstić information content (AvgIpc) is 2.76. The Balaban J connectivity index is 1.81. The lowest BCUT2D eigenvalue weighted by molar-refractivity contribution is -0.142. The van der Waals surface area contributed by atoms with E-state index in [9.17, 15) is 9.90 Å². The summed E-state index contributed by atoms with van der Waals surface area (Å²) < 4.78 is 1.69. The van der Waals surface area contributed by atoms with E-state index in [1.54, 1.807) is 10.7 Å². The predicted octanol–water partition coefficient (Wildman–Crippen LogP) is 2.17. The Labute approximate surface area is 116 Å². The van der Waals surface area contributed by atoms with E-state index in [1.807, 2.05) is 18.3 Å². The topological polar surface area (TPSA) is 79.5 Å². The number of hydrogen-bond donors (Lipinski definition) is 2. The SMILES string of the molecule is O=C(O)C1CCCCCC1Nc1ccn2nccc2n1. The molecule has 0 bridgehead atoms. The van der Waals surface area contributed by atoms with Gasteiger partial charge in [0.2, 0.25) is 0 Å². The highest BCUT2D eigenvalue weighted by atomic mass is 16.4. The number of carbonyl (C=O) groups is 1. The van der Waals surface area contributed by atoms with Crippen molar-refractivity contribution in [1.82, 2.24) is 14.6 Å². The molecule has 2 atom stereocenters. The summed E-state index contributed by atoms with van der Waals surface area (Å²) in [7, 11) is 0. The normalized spacial score (nSPS) is 23.4. The summed E-state index contributed by atoms with van der Waals surface area (Å²) in [6.45, 7) is 0. The number of rotatable bonds is 3. The molecule has 6 heteroatoms. The highest BCUT2D eigenvalue weighted by Gasteiger charge is 2.29. The monoisotopic (exact) mass is 274 g/mol. The van der Waals surface area contributed by atoms with E-state index in [2.05, 4.69) is 15.4 Å². The number of carboxylic acid groups (broad SMARTS) is 1. The van der Waals surface area contributed by atoms with Crippen LogP contribution in [0.3, 0.4) is 0 Å². The van der Waals surface area contributed by atoms with E-state index in [1.165, 1.54) is 0 Å². The van der Waals surface area contributed by atoms with Gasteiger partial charge >= 0.3 is 5.97 Å². The molecule has 6 nitrogen and oxygen atoms in total. The van der Waals surface area contributed by atoms with E-state index in [-0.39, 0.29) is 12.0 Å². The van der Waals surface area contributed by atoms with E-state index in [0.717, 1.165) is 43.6 Å². The van der Waals surface area contributed by atoms with Crippen LogP contribution in [-0.2, 0) is 4.79 Å². The fourth-order valence-electron chi connectivity index (χ4n) is 2.86. The lowest BCUT2D eigenvalue weighted by atomic mass is 9.95. The summed E-state index contributed by atoms with van der Waals surface area (Å²) in [6.07, 6.45) is 8.30. The number of aliphatic carboxylic acids is 1. The third-order valence-electron chi connectivity index (χ3n) is 3.92. The molecule has 106 valence electrons. The smallest absolute Gasteiger partial charge is 0.308 e. The van der Waals surface area contributed by atoms with Gasteiger partial charge in [-0.1, -0.05) is 19.3 Å². The number of aromatic nitrogens is 3. The maximum absolute atomic E-state index is 11.4. The second-order valence-electron chi connectivity index (χ2n) is 5.28. The summed E-state index contributed by atoms with van der Waals surface area (Å²) in [5, 5.41) is 16.8. The summed E-state index contributed by atoms with van der Waals surface area (Å²) >= 11 is 0. The molecular formula is C14H18N4O2. The van der Waals surface area contributed by atoms with Crippen LogP contribution in [-0.4, -0.2) is 31.7 Å². The van der Waals surface area contributed by atoms with Crippen molar-refractivity contribution in [2.24, 2.45) is 5.92 Å². The van der Waals surface area contributed by atoms with Gasteiger partial charge in [-0.05, 0) is 18.9 Å². The van der Waals surface area contributed by atoms with Crippen LogP contribution in [0.5, 0.6) is 0 Å². The molecule has 2 aromatic heterocycles. The molecule has 1 fully saturated rings. The molecule has 1 aliphatic carbocycles. The second-order valence-corrected chi connectivity index (χ2v) is 5.28. The molecule has 0 spiro atoms. The Hall–Kier alpha value is -2.11. The summed E-state index contributed by atoms with van der Waals surface area (Å²) in [6, 6.07) is 3.62. The fraction of sp³-hybridized carbons (Fsp3) is 0.500. The van der Waals surface area contributed by atoms with Crippen molar-refractivity contribution in [3.05, 3.63) is 24.5 Å². The molecule has 0 saturated heterocycles. The quantitative estimate of drug-likeness (QED) is 0.839. The van der Waals surface area contributed by atoms with E-state index >= 15 is 0 Å². The highest BCUT2D eigenvalue weighted by molar-refractivity contribution is 5.71. The van der Waals surface area contributed by atoms with Gasteiger partial charge in [-0.2, -0.15) is 5.10 Å². The van der Waals surface area contributed by atoms with Crippen LogP contribution >= 0.6 is 0 Å². The molecule has 1 saturated carbocycles. The second kappa shape index (κ2) is 5.48. The Morgan fingerprint density at radius 3 is 3.00 bits per heavy atom. The van der Waals surface area contributed by atoms with Crippen molar-refractivity contribution in [2.75, 3.05) is 5.32 Å². The maximum atomic E-state index is 11.4. The van der Waals surface area contributed by atoms with Gasteiger partial charge in [-0.3, -0.25) is 4.79 Å². The molecule has 2 N–H and O–H groups in total. The molecular weight excluding hydrogens is 256 g/mol. The van der Waals surface area contributed by atoms with Crippen LogP contribution in [0.1, 0.15) is 32.1 Å². The minimum absolute atomic E-state index is 0.0483. The van der Waals surface area contributed by atoms with Crippen molar-refractivity contribution in [3.8, 4) is 0 Å². The van der Waals surface area contributed by atoms with Crippen molar-refractivity contribution >= 4 is 17.4 Å². The number of hydrogen-bond acceptors (Lipinski definition) is 4. The zero-order valence-corrected chi connectivity index (χ0v) is 11.2. The van der Waals surface area contributed by atoms with Gasteiger partial charge in [0.05, 0.1) is 12.1 Å². The van der Waals surface area contributed by atoms with Gasteiger partial charge < -0.3 is 10.4 Å². The summed E-state index contributed by atoms with van der Waals surface area (Å²) in [5.41, 5.74) is 0.760. The lowest BCUT2D eigenvalue weighted by Crippen LogP contribution is -2.34. The number of anilines is 1. The molecule has 2 unspecified atom stereocenters. The van der Waals surface area contributed by atoms with Gasteiger partial charge in [0.1, 0.15) is 5.82 Å². The molecule has 3 rings (SSSR count). The van der Waals surface area contributed by atoms with Gasteiger partial charge in [0.15, 0.2) is 5.65 Å². The average molecular weight is 274 g/mol. The third kappa shape index (κ3) is 2.59. The third-order valence-corrected chi connectivity index (χ3v) is 3.92. The zero-order valence-electron chi connectivity index (χ0n) is 11.2. The number of nitrogens with zero attached hydrogens (tertiary/aromatic N) is 3. The first kappa shape index (κ1) is 12.9. The van der Waals surface area contributed by atoms with E-state index < -0.39 is 5.97 Å². The summed E-state index contributed by atoms with van der Waals surface area (Å²) in [5.74, 6) is -0.327. The van der Waals surface area contributed by atoms with Gasteiger partial charge in [0.25, 0.3) is 0 Å². The Bertz CT molecular complexity index is 610. The van der Waals surface area contributed by atoms with Crippen molar-refractivity contribution < 1.29 is 9.90 Å². The first-order valence-electron chi connectivity index (χ1n) is 7.04.